The predicted molar refractivity (Wildman–Crippen MR) is 159 cm³/mol. The molecule has 4 amide bonds. The van der Waals surface area contributed by atoms with Gasteiger partial charge < -0.3 is 26.0 Å². The maximum Gasteiger partial charge on any atom is 0.408 e. The van der Waals surface area contributed by atoms with Crippen molar-refractivity contribution >= 4 is 23.8 Å². The highest BCUT2D eigenvalue weighted by Crippen LogP contribution is 2.27. The number of hydrogen-bond acceptors (Lipinski definition) is 5. The van der Waals surface area contributed by atoms with Crippen LogP contribution in [0.25, 0.3) is 0 Å². The minimum Gasteiger partial charge on any atom is -0.444 e. The van der Waals surface area contributed by atoms with E-state index in [-0.39, 0.29) is 12.5 Å². The molecular weight excluding hydrogens is 508 g/mol. The van der Waals surface area contributed by atoms with E-state index >= 15 is 0 Å². The number of unbranched alkanes of at least 4 members (excludes halogenated alkanes) is 6. The van der Waals surface area contributed by atoms with Gasteiger partial charge in [-0.15, -0.1) is 0 Å². The maximum absolute atomic E-state index is 14.1. The zero-order chi connectivity index (χ0) is 30.3. The molecule has 0 radical (unpaired) electrons. The van der Waals surface area contributed by atoms with E-state index in [1.54, 1.807) is 20.8 Å². The Hall–Kier alpha value is -3.10. The van der Waals surface area contributed by atoms with Crippen molar-refractivity contribution in [2.45, 2.75) is 124 Å². The van der Waals surface area contributed by atoms with Crippen molar-refractivity contribution in [3.63, 3.8) is 0 Å². The average Bonchev–Trinajstić information content (AvgIpc) is 2.84. The van der Waals surface area contributed by atoms with Crippen molar-refractivity contribution in [3.05, 3.63) is 34.9 Å². The van der Waals surface area contributed by atoms with Crippen LogP contribution in [0.4, 0.5) is 4.79 Å². The van der Waals surface area contributed by atoms with Crippen molar-refractivity contribution in [1.82, 2.24) is 15.5 Å². The summed E-state index contributed by atoms with van der Waals surface area (Å²) in [6.07, 6.45) is 6.31. The molecule has 40 heavy (non-hydrogen) atoms. The highest BCUT2D eigenvalue weighted by Gasteiger charge is 2.37. The highest BCUT2D eigenvalue weighted by molar-refractivity contribution is 5.94. The molecule has 2 atom stereocenters. The van der Waals surface area contributed by atoms with Gasteiger partial charge in [-0.3, -0.25) is 14.4 Å². The summed E-state index contributed by atoms with van der Waals surface area (Å²) < 4.78 is 5.35. The Morgan fingerprint density at radius 3 is 2.15 bits per heavy atom. The maximum atomic E-state index is 14.1. The molecule has 1 aromatic rings. The molecule has 1 aromatic carbocycles. The Bertz CT molecular complexity index is 973. The van der Waals surface area contributed by atoms with Crippen LogP contribution < -0.4 is 16.4 Å². The number of nitrogens with zero attached hydrogens (tertiary/aromatic N) is 1. The van der Waals surface area contributed by atoms with Gasteiger partial charge in [-0.25, -0.2) is 4.79 Å². The summed E-state index contributed by atoms with van der Waals surface area (Å²) in [5, 5.41) is 5.56. The van der Waals surface area contributed by atoms with Crippen LogP contribution in [0.15, 0.2) is 18.2 Å². The first-order valence-corrected chi connectivity index (χ1v) is 14.7. The van der Waals surface area contributed by atoms with E-state index in [2.05, 4.69) is 24.5 Å². The lowest BCUT2D eigenvalue weighted by Crippen LogP contribution is -2.54. The molecule has 0 aliphatic heterocycles. The van der Waals surface area contributed by atoms with Crippen molar-refractivity contribution < 1.29 is 23.9 Å². The van der Waals surface area contributed by atoms with Gasteiger partial charge in [-0.05, 0) is 58.6 Å². The lowest BCUT2D eigenvalue weighted by Gasteiger charge is -2.35. The third-order valence-corrected chi connectivity index (χ3v) is 6.54. The van der Waals surface area contributed by atoms with Crippen LogP contribution in [0.1, 0.15) is 115 Å². The molecule has 0 spiro atoms. The van der Waals surface area contributed by atoms with Crippen LogP contribution in [0.5, 0.6) is 0 Å². The van der Waals surface area contributed by atoms with Gasteiger partial charge in [-0.2, -0.15) is 0 Å². The molecule has 226 valence electrons. The molecule has 0 aliphatic carbocycles. The molecule has 2 unspecified atom stereocenters. The van der Waals surface area contributed by atoms with Crippen LogP contribution in [-0.2, 0) is 19.1 Å². The number of benzene rings is 1. The van der Waals surface area contributed by atoms with Crippen LogP contribution in [-0.4, -0.2) is 53.4 Å². The molecule has 4 N–H and O–H groups in total. The number of hydrogen-bond donors (Lipinski definition) is 3. The quantitative estimate of drug-likeness (QED) is 0.225. The Morgan fingerprint density at radius 2 is 1.57 bits per heavy atom. The molecule has 0 aliphatic rings. The Kier molecular flexibility index (Phi) is 15.3. The first-order chi connectivity index (χ1) is 18.8. The largest absolute Gasteiger partial charge is 0.444 e. The number of carbonyl (C=O) groups is 4. The minimum absolute atomic E-state index is 0.286. The first-order valence-electron chi connectivity index (χ1n) is 14.7. The summed E-state index contributed by atoms with van der Waals surface area (Å²) in [4.78, 5) is 54.0. The second-order valence-corrected chi connectivity index (χ2v) is 11.6. The molecule has 1 rings (SSSR count). The Morgan fingerprint density at radius 1 is 0.950 bits per heavy atom. The fraction of sp³-hybridized carbons (Fsp3) is 0.677. The highest BCUT2D eigenvalue weighted by atomic mass is 16.6. The summed E-state index contributed by atoms with van der Waals surface area (Å²) in [6, 6.07) is 3.57. The summed E-state index contributed by atoms with van der Waals surface area (Å²) in [5.74, 6) is -1.58. The van der Waals surface area contributed by atoms with E-state index in [9.17, 15) is 19.2 Å². The molecule has 0 saturated carbocycles. The van der Waals surface area contributed by atoms with Crippen LogP contribution >= 0.6 is 0 Å². The number of rotatable bonds is 17. The van der Waals surface area contributed by atoms with Crippen molar-refractivity contribution in [3.8, 4) is 0 Å². The third kappa shape index (κ3) is 12.8. The van der Waals surface area contributed by atoms with Gasteiger partial charge in [0.25, 0.3) is 0 Å². The fourth-order valence-corrected chi connectivity index (χ4v) is 4.57. The van der Waals surface area contributed by atoms with E-state index in [0.717, 1.165) is 56.1 Å². The van der Waals surface area contributed by atoms with Gasteiger partial charge in [0.2, 0.25) is 17.7 Å². The summed E-state index contributed by atoms with van der Waals surface area (Å²) >= 11 is 0. The van der Waals surface area contributed by atoms with Gasteiger partial charge in [0, 0.05) is 13.1 Å². The standard InChI is InChI=1S/C31H52N4O5/c1-8-10-12-13-15-19-35(29(38)25(21-26(32)36)34-30(39)40-31(5,6)7)27(28(37)33-18-14-11-9-2)24-17-16-22(3)20-23(24)4/h16-17,20,25,27H,8-15,18-19,21H2,1-7H3,(H2,32,36)(H,33,37)(H,34,39). The van der Waals surface area contributed by atoms with Crippen LogP contribution in [0.2, 0.25) is 0 Å². The number of nitrogens with two attached hydrogens (primary N) is 1. The molecular formula is C31H52N4O5. The predicted octanol–water partition coefficient (Wildman–Crippen LogP) is 5.22. The van der Waals surface area contributed by atoms with E-state index < -0.39 is 42.0 Å². The van der Waals surface area contributed by atoms with E-state index in [4.69, 9.17) is 10.5 Å². The number of ether oxygens (including phenoxy) is 1. The summed E-state index contributed by atoms with van der Waals surface area (Å²) in [7, 11) is 0. The molecule has 9 nitrogen and oxygen atoms in total. The van der Waals surface area contributed by atoms with Crippen LogP contribution in [0, 0.1) is 13.8 Å². The lowest BCUT2D eigenvalue weighted by atomic mass is 9.95. The van der Waals surface area contributed by atoms with Crippen molar-refractivity contribution in [1.29, 1.82) is 0 Å². The first kappa shape index (κ1) is 34.9. The Balaban J connectivity index is 3.50. The molecule has 0 saturated heterocycles. The third-order valence-electron chi connectivity index (χ3n) is 6.54. The lowest BCUT2D eigenvalue weighted by molar-refractivity contribution is -0.143. The monoisotopic (exact) mass is 560 g/mol. The van der Waals surface area contributed by atoms with Crippen molar-refractivity contribution in [2.75, 3.05) is 13.1 Å². The number of primary amides is 1. The SMILES string of the molecule is CCCCCCCN(C(=O)C(CC(N)=O)NC(=O)OC(C)(C)C)C(C(=O)NCCCCC)c1ccc(C)cc1C. The second-order valence-electron chi connectivity index (χ2n) is 11.6. The van der Waals surface area contributed by atoms with Gasteiger partial charge in [-0.1, -0.05) is 76.1 Å². The Labute approximate surface area is 241 Å². The number of carbonyl (C=O) groups excluding carboxylic acids is 4. The number of aryl methyl sites for hydroxylation is 2. The smallest absolute Gasteiger partial charge is 0.408 e. The zero-order valence-electron chi connectivity index (χ0n) is 25.7. The van der Waals surface area contributed by atoms with E-state index in [1.807, 2.05) is 32.0 Å². The normalized spacial score (nSPS) is 12.8. The number of nitrogens with one attached hydrogen (secondary N) is 2. The van der Waals surface area contributed by atoms with Gasteiger partial charge in [0.05, 0.1) is 6.42 Å². The fourth-order valence-electron chi connectivity index (χ4n) is 4.57. The van der Waals surface area contributed by atoms with Crippen molar-refractivity contribution in [2.24, 2.45) is 5.73 Å². The van der Waals surface area contributed by atoms with E-state index in [1.165, 1.54) is 4.90 Å². The molecule has 0 bridgehead atoms. The summed E-state index contributed by atoms with van der Waals surface area (Å²) in [5.41, 5.74) is 7.31. The molecule has 0 aromatic heterocycles. The van der Waals surface area contributed by atoms with Crippen LogP contribution in [0.3, 0.4) is 0 Å². The van der Waals surface area contributed by atoms with Gasteiger partial charge in [0.15, 0.2) is 0 Å². The van der Waals surface area contributed by atoms with Gasteiger partial charge in [0.1, 0.15) is 17.7 Å². The molecule has 9 heteroatoms. The summed E-state index contributed by atoms with van der Waals surface area (Å²) in [6.45, 7) is 14.0. The molecule has 0 heterocycles. The van der Waals surface area contributed by atoms with Gasteiger partial charge >= 0.3 is 6.09 Å². The minimum atomic E-state index is -1.27. The van der Waals surface area contributed by atoms with E-state index in [0.29, 0.717) is 18.5 Å². The topological polar surface area (TPSA) is 131 Å². The second kappa shape index (κ2) is 17.6. The number of amides is 4. The number of alkyl carbamates (subject to hydrolysis) is 1. The molecule has 0 fully saturated rings. The zero-order valence-corrected chi connectivity index (χ0v) is 25.7. The average molecular weight is 561 g/mol.